The minimum absolute atomic E-state index is 0.0219. The topological polar surface area (TPSA) is 78.5 Å². The van der Waals surface area contributed by atoms with Gasteiger partial charge in [0.1, 0.15) is 12.4 Å². The number of carbonyl (C=O) groups excluding carboxylic acids is 1. The van der Waals surface area contributed by atoms with Gasteiger partial charge in [0.15, 0.2) is 5.69 Å². The molecule has 0 saturated heterocycles. The number of H-pyrrole nitrogens is 1. The maximum atomic E-state index is 12.9. The highest BCUT2D eigenvalue weighted by atomic mass is 32.2. The van der Waals surface area contributed by atoms with E-state index in [1.807, 2.05) is 18.2 Å². The van der Waals surface area contributed by atoms with Crippen LogP contribution >= 0.6 is 0 Å². The molecule has 0 bridgehead atoms. The van der Waals surface area contributed by atoms with Gasteiger partial charge < -0.3 is 9.64 Å². The third-order valence-corrected chi connectivity index (χ3v) is 6.45. The number of ether oxygens (including phenoxy) is 1. The number of fused-ring (bicyclic) bond motifs is 1. The van der Waals surface area contributed by atoms with Crippen molar-refractivity contribution in [3.63, 3.8) is 0 Å². The van der Waals surface area contributed by atoms with Gasteiger partial charge in [0.05, 0.1) is 18.8 Å². The van der Waals surface area contributed by atoms with E-state index < -0.39 is 9.71 Å². The predicted octanol–water partition coefficient (Wildman–Crippen LogP) is 2.43. The third-order valence-electron chi connectivity index (χ3n) is 5.10. The number of hydrogen-bond donors (Lipinski definition) is 1. The van der Waals surface area contributed by atoms with Gasteiger partial charge in [-0.3, -0.25) is 14.1 Å². The van der Waals surface area contributed by atoms with Gasteiger partial charge >= 0.3 is 0 Å². The molecule has 29 heavy (non-hydrogen) atoms. The van der Waals surface area contributed by atoms with Gasteiger partial charge in [0, 0.05) is 35.1 Å². The summed E-state index contributed by atoms with van der Waals surface area (Å²) in [5, 5.41) is 7.10. The first-order valence-corrected chi connectivity index (χ1v) is 11.7. The van der Waals surface area contributed by atoms with Gasteiger partial charge in [-0.05, 0) is 22.9 Å². The molecule has 1 unspecified atom stereocenters. The van der Waals surface area contributed by atoms with Crippen LogP contribution in [-0.4, -0.2) is 61.8 Å². The van der Waals surface area contributed by atoms with E-state index in [0.717, 1.165) is 22.6 Å². The lowest BCUT2D eigenvalue weighted by molar-refractivity contribution is 0.0766. The molecule has 1 atom stereocenters. The summed E-state index contributed by atoms with van der Waals surface area (Å²) in [5.74, 6) is 4.39. The van der Waals surface area contributed by atoms with Crippen LogP contribution in [0.4, 0.5) is 0 Å². The molecule has 7 nitrogen and oxygen atoms in total. The second-order valence-electron chi connectivity index (χ2n) is 8.61. The number of rotatable bonds is 6. The number of nitrogens with one attached hydrogen (secondary N) is 1. The van der Waals surface area contributed by atoms with Crippen molar-refractivity contribution in [2.45, 2.75) is 39.3 Å². The average Bonchev–Trinajstić information content (AvgIpc) is 3.21. The number of likely N-dealkylation sites (N-methyl/N-ethyl adjacent to an activating group) is 1. The van der Waals surface area contributed by atoms with E-state index in [1.165, 1.54) is 0 Å². The fourth-order valence-corrected chi connectivity index (χ4v) is 4.15. The highest BCUT2D eigenvalue weighted by Gasteiger charge is 2.31. The summed E-state index contributed by atoms with van der Waals surface area (Å²) < 4.78 is 20.0. The lowest BCUT2D eigenvalue weighted by atomic mass is 9.86. The number of nitrogens with zero attached hydrogens (tertiary/aromatic N) is 3. The van der Waals surface area contributed by atoms with Crippen LogP contribution in [0, 0.1) is 0 Å². The minimum Gasteiger partial charge on any atom is -0.491 e. The standard InChI is InChI=1S/C21H30N4O3S/c1-21(2,3)16-9-7-8-10-18(16)28-12-11-24(4)20(26)19-15-13-25(29(5,6)27)14-17(15)22-23-19/h7-10H,5,11-14H2,1-4,6H3,(H,22,23). The van der Waals surface area contributed by atoms with Gasteiger partial charge in [-0.1, -0.05) is 39.0 Å². The van der Waals surface area contributed by atoms with E-state index in [9.17, 15) is 9.00 Å². The van der Waals surface area contributed by atoms with Gasteiger partial charge in [-0.15, -0.1) is 0 Å². The molecule has 3 rings (SSSR count). The molecule has 2 aromatic rings. The normalized spacial score (nSPS) is 16.3. The molecule has 1 aromatic heterocycles. The number of amides is 1. The quantitative estimate of drug-likeness (QED) is 0.731. The largest absolute Gasteiger partial charge is 0.491 e. The molecule has 158 valence electrons. The Morgan fingerprint density at radius 2 is 2.03 bits per heavy atom. The Morgan fingerprint density at radius 3 is 2.69 bits per heavy atom. The monoisotopic (exact) mass is 418 g/mol. The van der Waals surface area contributed by atoms with Crippen molar-refractivity contribution in [1.82, 2.24) is 19.4 Å². The Morgan fingerprint density at radius 1 is 1.34 bits per heavy atom. The minimum atomic E-state index is -2.32. The molecule has 1 N–H and O–H groups in total. The molecule has 1 aromatic carbocycles. The maximum Gasteiger partial charge on any atom is 0.274 e. The zero-order valence-corrected chi connectivity index (χ0v) is 18.6. The molecule has 0 saturated carbocycles. The second-order valence-corrected chi connectivity index (χ2v) is 11.0. The number of carbonyl (C=O) groups is 1. The van der Waals surface area contributed by atoms with Crippen LogP contribution < -0.4 is 4.74 Å². The Balaban J connectivity index is 1.63. The van der Waals surface area contributed by atoms with E-state index in [1.54, 1.807) is 22.5 Å². The molecule has 2 heterocycles. The maximum absolute atomic E-state index is 12.9. The van der Waals surface area contributed by atoms with Crippen molar-refractivity contribution >= 4 is 21.5 Å². The molecule has 0 radical (unpaired) electrons. The van der Waals surface area contributed by atoms with E-state index in [2.05, 4.69) is 42.9 Å². The molecule has 0 spiro atoms. The average molecular weight is 419 g/mol. The first-order chi connectivity index (χ1) is 13.5. The molecular weight excluding hydrogens is 388 g/mol. The number of hydrogen-bond acceptors (Lipinski definition) is 4. The third kappa shape index (κ3) is 4.64. The van der Waals surface area contributed by atoms with E-state index in [4.69, 9.17) is 4.74 Å². The molecule has 1 aliphatic heterocycles. The SMILES string of the molecule is C=S(C)(=O)N1Cc2[nH]nc(C(=O)N(C)CCOc3ccccc3C(C)(C)C)c2C1. The van der Waals surface area contributed by atoms with Crippen molar-refractivity contribution in [2.24, 2.45) is 0 Å². The van der Waals surface area contributed by atoms with Crippen LogP contribution in [0.5, 0.6) is 5.75 Å². The van der Waals surface area contributed by atoms with Crippen LogP contribution in [0.2, 0.25) is 0 Å². The summed E-state index contributed by atoms with van der Waals surface area (Å²) in [4.78, 5) is 14.5. The summed E-state index contributed by atoms with van der Waals surface area (Å²) in [6.45, 7) is 8.13. The fourth-order valence-electron chi connectivity index (χ4n) is 3.35. The Labute approximate surface area is 173 Å². The van der Waals surface area contributed by atoms with Gasteiger partial charge in [-0.2, -0.15) is 5.10 Å². The van der Waals surface area contributed by atoms with Crippen molar-refractivity contribution in [1.29, 1.82) is 0 Å². The van der Waals surface area contributed by atoms with E-state index >= 15 is 0 Å². The van der Waals surface area contributed by atoms with Crippen molar-refractivity contribution in [2.75, 3.05) is 26.5 Å². The van der Waals surface area contributed by atoms with Gasteiger partial charge in [0.2, 0.25) is 0 Å². The first kappa shape index (κ1) is 21.4. The number of aromatic nitrogens is 2. The highest BCUT2D eigenvalue weighted by molar-refractivity contribution is 7.97. The molecule has 1 amide bonds. The van der Waals surface area contributed by atoms with Crippen LogP contribution in [0.3, 0.4) is 0 Å². The van der Waals surface area contributed by atoms with Crippen molar-refractivity contribution in [3.05, 3.63) is 46.8 Å². The molecular formula is C21H30N4O3S. The smallest absolute Gasteiger partial charge is 0.274 e. The number of benzene rings is 1. The summed E-state index contributed by atoms with van der Waals surface area (Å²) in [6, 6.07) is 7.98. The fraction of sp³-hybridized carbons (Fsp3) is 0.476. The Kier molecular flexibility index (Phi) is 5.78. The first-order valence-electron chi connectivity index (χ1n) is 9.59. The lowest BCUT2D eigenvalue weighted by Crippen LogP contribution is -2.32. The molecule has 0 aliphatic carbocycles. The molecule has 0 fully saturated rings. The van der Waals surface area contributed by atoms with Crippen LogP contribution in [0.25, 0.3) is 0 Å². The van der Waals surface area contributed by atoms with E-state index in [-0.39, 0.29) is 11.3 Å². The van der Waals surface area contributed by atoms with Gasteiger partial charge in [0.25, 0.3) is 5.91 Å². The highest BCUT2D eigenvalue weighted by Crippen LogP contribution is 2.31. The van der Waals surface area contributed by atoms with Gasteiger partial charge in [-0.25, -0.2) is 4.31 Å². The summed E-state index contributed by atoms with van der Waals surface area (Å²) in [5.41, 5.74) is 3.13. The summed E-state index contributed by atoms with van der Waals surface area (Å²) >= 11 is 0. The zero-order valence-electron chi connectivity index (χ0n) is 17.8. The van der Waals surface area contributed by atoms with Crippen LogP contribution in [0.1, 0.15) is 48.1 Å². The van der Waals surface area contributed by atoms with Crippen LogP contribution in [0.15, 0.2) is 24.3 Å². The Hall–Kier alpha value is -2.32. The van der Waals surface area contributed by atoms with Crippen molar-refractivity contribution < 1.29 is 13.7 Å². The van der Waals surface area contributed by atoms with Crippen molar-refractivity contribution in [3.8, 4) is 5.75 Å². The Bertz CT molecular complexity index is 1010. The zero-order chi connectivity index (χ0) is 21.4. The van der Waals surface area contributed by atoms with E-state index in [0.29, 0.717) is 31.9 Å². The van der Waals surface area contributed by atoms with Crippen LogP contribution in [-0.2, 0) is 28.2 Å². The second kappa shape index (κ2) is 7.84. The predicted molar refractivity (Wildman–Crippen MR) is 117 cm³/mol. The number of aromatic amines is 1. The molecule has 8 heteroatoms. The molecule has 1 aliphatic rings. The number of para-hydroxylation sites is 1. The summed E-state index contributed by atoms with van der Waals surface area (Å²) in [6.07, 6.45) is 1.60. The summed E-state index contributed by atoms with van der Waals surface area (Å²) in [7, 11) is -0.588. The lowest BCUT2D eigenvalue weighted by Gasteiger charge is -2.23.